The monoisotopic (exact) mass is 296 g/mol. The lowest BCUT2D eigenvalue weighted by Crippen LogP contribution is -2.24. The van der Waals surface area contributed by atoms with Crippen LogP contribution in [0.4, 0.5) is 5.69 Å². The number of benzene rings is 1. The molecular formula is C14H20N2O3S. The Morgan fingerprint density at radius 2 is 2.20 bits per heavy atom. The van der Waals surface area contributed by atoms with Crippen molar-refractivity contribution in [3.05, 3.63) is 29.8 Å². The minimum atomic E-state index is -2.90. The average molecular weight is 296 g/mol. The van der Waals surface area contributed by atoms with Crippen molar-refractivity contribution in [1.29, 1.82) is 0 Å². The highest BCUT2D eigenvalue weighted by atomic mass is 32.2. The van der Waals surface area contributed by atoms with Gasteiger partial charge < -0.3 is 10.6 Å². The van der Waals surface area contributed by atoms with Crippen LogP contribution in [0.5, 0.6) is 0 Å². The van der Waals surface area contributed by atoms with Gasteiger partial charge in [-0.05, 0) is 31.0 Å². The maximum atomic E-state index is 11.9. The van der Waals surface area contributed by atoms with E-state index in [2.05, 4.69) is 10.6 Å². The molecule has 1 aromatic carbocycles. The molecule has 0 aromatic heterocycles. The first kappa shape index (κ1) is 14.8. The van der Waals surface area contributed by atoms with Gasteiger partial charge >= 0.3 is 0 Å². The fraction of sp³-hybridized carbons (Fsp3) is 0.500. The molecule has 1 aliphatic rings. The molecule has 1 amide bonds. The standard InChI is InChI=1S/C14H20N2O3S/c1-2-7-15-14(17)11-4-3-5-12(9-11)16-13-6-8-20(18,19)10-13/h3-5,9,13,16H,2,6-8,10H2,1H3,(H,15,17). The van der Waals surface area contributed by atoms with Crippen molar-refractivity contribution in [2.75, 3.05) is 23.4 Å². The largest absolute Gasteiger partial charge is 0.381 e. The smallest absolute Gasteiger partial charge is 0.251 e. The number of amides is 1. The lowest BCUT2D eigenvalue weighted by atomic mass is 10.1. The van der Waals surface area contributed by atoms with E-state index in [4.69, 9.17) is 0 Å². The minimum absolute atomic E-state index is 0.0612. The zero-order valence-electron chi connectivity index (χ0n) is 11.6. The highest BCUT2D eigenvalue weighted by molar-refractivity contribution is 7.91. The highest BCUT2D eigenvalue weighted by Gasteiger charge is 2.27. The Morgan fingerprint density at radius 3 is 2.85 bits per heavy atom. The predicted molar refractivity (Wildman–Crippen MR) is 79.7 cm³/mol. The highest BCUT2D eigenvalue weighted by Crippen LogP contribution is 2.18. The Hall–Kier alpha value is -1.56. The zero-order chi connectivity index (χ0) is 14.6. The third-order valence-corrected chi connectivity index (χ3v) is 5.03. The summed E-state index contributed by atoms with van der Waals surface area (Å²) in [5, 5.41) is 6.01. The lowest BCUT2D eigenvalue weighted by Gasteiger charge is -2.13. The van der Waals surface area contributed by atoms with E-state index >= 15 is 0 Å². The van der Waals surface area contributed by atoms with Gasteiger partial charge in [0.05, 0.1) is 11.5 Å². The molecule has 0 aliphatic carbocycles. The van der Waals surface area contributed by atoms with Crippen LogP contribution in [0.3, 0.4) is 0 Å². The molecule has 1 heterocycles. The second-order valence-electron chi connectivity index (χ2n) is 5.08. The van der Waals surface area contributed by atoms with Crippen LogP contribution in [0.2, 0.25) is 0 Å². The summed E-state index contributed by atoms with van der Waals surface area (Å²) in [5.74, 6) is 0.301. The van der Waals surface area contributed by atoms with Crippen LogP contribution in [0, 0.1) is 0 Å². The summed E-state index contributed by atoms with van der Waals surface area (Å²) in [6.07, 6.45) is 1.51. The van der Waals surface area contributed by atoms with Crippen LogP contribution in [0.1, 0.15) is 30.1 Å². The van der Waals surface area contributed by atoms with Crippen molar-refractivity contribution < 1.29 is 13.2 Å². The van der Waals surface area contributed by atoms with E-state index in [1.54, 1.807) is 18.2 Å². The van der Waals surface area contributed by atoms with E-state index in [9.17, 15) is 13.2 Å². The SMILES string of the molecule is CCCNC(=O)c1cccc(NC2CCS(=O)(=O)C2)c1. The fourth-order valence-electron chi connectivity index (χ4n) is 2.24. The molecule has 0 bridgehead atoms. The van der Waals surface area contributed by atoms with Crippen LogP contribution in [0.15, 0.2) is 24.3 Å². The molecule has 1 saturated heterocycles. The van der Waals surface area contributed by atoms with Gasteiger partial charge in [-0.2, -0.15) is 0 Å². The zero-order valence-corrected chi connectivity index (χ0v) is 12.4. The number of sulfone groups is 1. The third kappa shape index (κ3) is 3.96. The maximum Gasteiger partial charge on any atom is 0.251 e. The molecule has 0 saturated carbocycles. The second-order valence-corrected chi connectivity index (χ2v) is 7.31. The quantitative estimate of drug-likeness (QED) is 0.862. The number of hydrogen-bond donors (Lipinski definition) is 2. The van der Waals surface area contributed by atoms with E-state index in [-0.39, 0.29) is 23.5 Å². The summed E-state index contributed by atoms with van der Waals surface area (Å²) in [4.78, 5) is 11.9. The van der Waals surface area contributed by atoms with Gasteiger partial charge in [0.25, 0.3) is 5.91 Å². The lowest BCUT2D eigenvalue weighted by molar-refractivity contribution is 0.0953. The van der Waals surface area contributed by atoms with E-state index in [1.165, 1.54) is 0 Å². The van der Waals surface area contributed by atoms with Gasteiger partial charge in [0.1, 0.15) is 0 Å². The summed E-state index contributed by atoms with van der Waals surface area (Å²) in [7, 11) is -2.90. The van der Waals surface area contributed by atoms with Crippen molar-refractivity contribution in [2.24, 2.45) is 0 Å². The number of nitrogens with one attached hydrogen (secondary N) is 2. The normalized spacial score (nSPS) is 20.6. The number of hydrogen-bond acceptors (Lipinski definition) is 4. The molecule has 1 fully saturated rings. The van der Waals surface area contributed by atoms with E-state index in [1.807, 2.05) is 13.0 Å². The van der Waals surface area contributed by atoms with Gasteiger partial charge in [-0.15, -0.1) is 0 Å². The molecule has 5 nitrogen and oxygen atoms in total. The Morgan fingerprint density at radius 1 is 1.40 bits per heavy atom. The molecule has 1 aliphatic heterocycles. The van der Waals surface area contributed by atoms with Crippen molar-refractivity contribution >= 4 is 21.4 Å². The number of carbonyl (C=O) groups is 1. The molecule has 110 valence electrons. The van der Waals surface area contributed by atoms with Gasteiger partial charge in [-0.3, -0.25) is 4.79 Å². The predicted octanol–water partition coefficient (Wildman–Crippen LogP) is 1.43. The van der Waals surface area contributed by atoms with Gasteiger partial charge in [0.15, 0.2) is 9.84 Å². The molecule has 1 unspecified atom stereocenters. The molecule has 2 rings (SSSR count). The number of anilines is 1. The van der Waals surface area contributed by atoms with Gasteiger partial charge in [0, 0.05) is 23.8 Å². The van der Waals surface area contributed by atoms with E-state index in [0.717, 1.165) is 12.1 Å². The van der Waals surface area contributed by atoms with Crippen molar-refractivity contribution in [1.82, 2.24) is 5.32 Å². The molecule has 6 heteroatoms. The number of carbonyl (C=O) groups excluding carboxylic acids is 1. The third-order valence-electron chi connectivity index (χ3n) is 3.26. The van der Waals surface area contributed by atoms with Crippen LogP contribution in [0.25, 0.3) is 0 Å². The van der Waals surface area contributed by atoms with Crippen molar-refractivity contribution in [2.45, 2.75) is 25.8 Å². The summed E-state index contributed by atoms with van der Waals surface area (Å²) in [5.41, 5.74) is 1.38. The first-order valence-corrected chi connectivity index (χ1v) is 8.67. The number of rotatable bonds is 5. The van der Waals surface area contributed by atoms with E-state index in [0.29, 0.717) is 18.5 Å². The van der Waals surface area contributed by atoms with Crippen LogP contribution in [-0.4, -0.2) is 38.4 Å². The average Bonchev–Trinajstić information content (AvgIpc) is 2.75. The summed E-state index contributed by atoms with van der Waals surface area (Å²) in [6, 6.07) is 7.10. The van der Waals surface area contributed by atoms with Crippen LogP contribution in [-0.2, 0) is 9.84 Å². The Bertz CT molecular complexity index is 584. The van der Waals surface area contributed by atoms with Gasteiger partial charge in [-0.25, -0.2) is 8.42 Å². The first-order valence-electron chi connectivity index (χ1n) is 6.85. The fourth-order valence-corrected chi connectivity index (χ4v) is 3.91. The molecular weight excluding hydrogens is 276 g/mol. The Balaban J connectivity index is 2.01. The maximum absolute atomic E-state index is 11.9. The molecule has 2 N–H and O–H groups in total. The molecule has 0 spiro atoms. The summed E-state index contributed by atoms with van der Waals surface area (Å²) in [6.45, 7) is 2.65. The Labute approximate surface area is 119 Å². The first-order chi connectivity index (χ1) is 9.50. The van der Waals surface area contributed by atoms with Crippen molar-refractivity contribution in [3.63, 3.8) is 0 Å². The second kappa shape index (κ2) is 6.26. The van der Waals surface area contributed by atoms with Crippen LogP contribution < -0.4 is 10.6 Å². The van der Waals surface area contributed by atoms with Gasteiger partial charge in [-0.1, -0.05) is 13.0 Å². The molecule has 0 radical (unpaired) electrons. The minimum Gasteiger partial charge on any atom is -0.381 e. The molecule has 1 atom stereocenters. The van der Waals surface area contributed by atoms with Crippen LogP contribution >= 0.6 is 0 Å². The summed E-state index contributed by atoms with van der Waals surface area (Å²) >= 11 is 0. The van der Waals surface area contributed by atoms with E-state index < -0.39 is 9.84 Å². The molecule has 20 heavy (non-hydrogen) atoms. The van der Waals surface area contributed by atoms with Gasteiger partial charge in [0.2, 0.25) is 0 Å². The van der Waals surface area contributed by atoms with Crippen molar-refractivity contribution in [3.8, 4) is 0 Å². The summed E-state index contributed by atoms with van der Waals surface area (Å²) < 4.78 is 22.8. The topological polar surface area (TPSA) is 75.3 Å². The Kier molecular flexibility index (Phi) is 4.65. The molecule has 1 aromatic rings.